The molecule has 0 aliphatic heterocycles. The fourth-order valence-electron chi connectivity index (χ4n) is 2.42. The van der Waals surface area contributed by atoms with Crippen molar-refractivity contribution in [2.75, 3.05) is 18.5 Å². The number of para-hydroxylation sites is 2. The summed E-state index contributed by atoms with van der Waals surface area (Å²) in [7, 11) is 0. The maximum Gasteiger partial charge on any atom is 0.204 e. The molecule has 4 nitrogen and oxygen atoms in total. The number of hydrogen-bond acceptors (Lipinski definition) is 3. The molecule has 2 N–H and O–H groups in total. The average Bonchev–Trinajstić information content (AvgIpc) is 2.87. The van der Waals surface area contributed by atoms with Crippen molar-refractivity contribution >= 4 is 17.0 Å². The fourth-order valence-corrected chi connectivity index (χ4v) is 2.42. The second kappa shape index (κ2) is 6.41. The number of imidazole rings is 1. The third-order valence-corrected chi connectivity index (χ3v) is 3.46. The lowest BCUT2D eigenvalue weighted by molar-refractivity contribution is 0.292. The molecule has 0 unspecified atom stereocenters. The Labute approximate surface area is 124 Å². The van der Waals surface area contributed by atoms with E-state index in [1.54, 1.807) is 0 Å². The SMILES string of the molecule is OCCCNc1nc2ccccc2n1Cc1ccccc1. The van der Waals surface area contributed by atoms with Crippen LogP contribution in [0.1, 0.15) is 12.0 Å². The van der Waals surface area contributed by atoms with Gasteiger partial charge in [-0.3, -0.25) is 0 Å². The summed E-state index contributed by atoms with van der Waals surface area (Å²) in [6.07, 6.45) is 0.717. The molecule has 0 aliphatic rings. The molecule has 1 heterocycles. The van der Waals surface area contributed by atoms with E-state index in [-0.39, 0.29) is 6.61 Å². The molecule has 0 saturated heterocycles. The summed E-state index contributed by atoms with van der Waals surface area (Å²) < 4.78 is 2.18. The van der Waals surface area contributed by atoms with Crippen LogP contribution in [-0.4, -0.2) is 27.8 Å². The molecule has 4 heteroatoms. The molecule has 0 atom stereocenters. The van der Waals surface area contributed by atoms with Crippen molar-refractivity contribution in [3.8, 4) is 0 Å². The molecule has 1 aromatic heterocycles. The van der Waals surface area contributed by atoms with E-state index in [0.29, 0.717) is 13.0 Å². The van der Waals surface area contributed by atoms with Crippen LogP contribution in [-0.2, 0) is 6.54 Å². The van der Waals surface area contributed by atoms with Gasteiger partial charge in [0.2, 0.25) is 5.95 Å². The molecule has 0 spiro atoms. The average molecular weight is 281 g/mol. The van der Waals surface area contributed by atoms with Crippen LogP contribution in [0.4, 0.5) is 5.95 Å². The molecule has 0 bridgehead atoms. The normalized spacial score (nSPS) is 10.9. The minimum Gasteiger partial charge on any atom is -0.396 e. The first-order chi connectivity index (χ1) is 10.4. The Morgan fingerprint density at radius 3 is 2.57 bits per heavy atom. The van der Waals surface area contributed by atoms with E-state index in [2.05, 4.69) is 33.1 Å². The second-order valence-electron chi connectivity index (χ2n) is 5.00. The predicted molar refractivity (Wildman–Crippen MR) is 85.5 cm³/mol. The van der Waals surface area contributed by atoms with Crippen molar-refractivity contribution in [1.29, 1.82) is 0 Å². The molecular formula is C17H19N3O. The van der Waals surface area contributed by atoms with Crippen LogP contribution < -0.4 is 5.32 Å². The van der Waals surface area contributed by atoms with Gasteiger partial charge in [-0.05, 0) is 24.1 Å². The maximum atomic E-state index is 8.92. The summed E-state index contributed by atoms with van der Waals surface area (Å²) in [4.78, 5) is 4.65. The molecule has 2 aromatic carbocycles. The smallest absolute Gasteiger partial charge is 0.204 e. The number of benzene rings is 2. The molecular weight excluding hydrogens is 262 g/mol. The largest absolute Gasteiger partial charge is 0.396 e. The topological polar surface area (TPSA) is 50.1 Å². The van der Waals surface area contributed by atoms with E-state index >= 15 is 0 Å². The number of rotatable bonds is 6. The summed E-state index contributed by atoms with van der Waals surface area (Å²) in [5, 5.41) is 12.2. The van der Waals surface area contributed by atoms with Crippen LogP contribution in [0.3, 0.4) is 0 Å². The van der Waals surface area contributed by atoms with Gasteiger partial charge in [0.1, 0.15) is 0 Å². The quantitative estimate of drug-likeness (QED) is 0.683. The molecule has 21 heavy (non-hydrogen) atoms. The van der Waals surface area contributed by atoms with E-state index in [1.165, 1.54) is 5.56 Å². The highest BCUT2D eigenvalue weighted by Gasteiger charge is 2.10. The number of nitrogens with zero attached hydrogens (tertiary/aromatic N) is 2. The summed E-state index contributed by atoms with van der Waals surface area (Å²) in [6.45, 7) is 1.68. The molecule has 0 aliphatic carbocycles. The van der Waals surface area contributed by atoms with Gasteiger partial charge in [-0.15, -0.1) is 0 Å². The number of aliphatic hydroxyl groups excluding tert-OH is 1. The van der Waals surface area contributed by atoms with E-state index in [1.807, 2.05) is 36.4 Å². The van der Waals surface area contributed by atoms with Crippen molar-refractivity contribution in [1.82, 2.24) is 9.55 Å². The summed E-state index contributed by atoms with van der Waals surface area (Å²) in [5.41, 5.74) is 3.35. The first kappa shape index (κ1) is 13.6. The van der Waals surface area contributed by atoms with Crippen LogP contribution in [0.25, 0.3) is 11.0 Å². The van der Waals surface area contributed by atoms with E-state index in [9.17, 15) is 0 Å². The van der Waals surface area contributed by atoms with Crippen LogP contribution in [0, 0.1) is 0 Å². The second-order valence-corrected chi connectivity index (χ2v) is 5.00. The van der Waals surface area contributed by atoms with Gasteiger partial charge in [-0.2, -0.15) is 0 Å². The summed E-state index contributed by atoms with van der Waals surface area (Å²) in [6, 6.07) is 18.5. The van der Waals surface area contributed by atoms with Gasteiger partial charge in [-0.25, -0.2) is 4.98 Å². The molecule has 0 saturated carbocycles. The Hall–Kier alpha value is -2.33. The van der Waals surface area contributed by atoms with Crippen LogP contribution in [0.15, 0.2) is 54.6 Å². The highest BCUT2D eigenvalue weighted by Crippen LogP contribution is 2.21. The highest BCUT2D eigenvalue weighted by molar-refractivity contribution is 5.78. The van der Waals surface area contributed by atoms with Crippen LogP contribution in [0.5, 0.6) is 0 Å². The van der Waals surface area contributed by atoms with Gasteiger partial charge in [0.25, 0.3) is 0 Å². The van der Waals surface area contributed by atoms with Gasteiger partial charge >= 0.3 is 0 Å². The Kier molecular flexibility index (Phi) is 4.17. The Bertz CT molecular complexity index is 706. The third-order valence-electron chi connectivity index (χ3n) is 3.46. The monoisotopic (exact) mass is 281 g/mol. The zero-order valence-electron chi connectivity index (χ0n) is 11.9. The number of anilines is 1. The van der Waals surface area contributed by atoms with Gasteiger partial charge in [0.15, 0.2) is 0 Å². The molecule has 0 amide bonds. The molecule has 3 rings (SSSR count). The third kappa shape index (κ3) is 3.06. The first-order valence-electron chi connectivity index (χ1n) is 7.22. The first-order valence-corrected chi connectivity index (χ1v) is 7.22. The number of fused-ring (bicyclic) bond motifs is 1. The van der Waals surface area contributed by atoms with E-state index in [0.717, 1.165) is 23.5 Å². The summed E-state index contributed by atoms with van der Waals surface area (Å²) in [5.74, 6) is 0.855. The summed E-state index contributed by atoms with van der Waals surface area (Å²) >= 11 is 0. The zero-order valence-corrected chi connectivity index (χ0v) is 11.9. The van der Waals surface area contributed by atoms with E-state index in [4.69, 9.17) is 5.11 Å². The Morgan fingerprint density at radius 1 is 1.00 bits per heavy atom. The lowest BCUT2D eigenvalue weighted by atomic mass is 10.2. The van der Waals surface area contributed by atoms with Gasteiger partial charge in [0, 0.05) is 13.2 Å². The van der Waals surface area contributed by atoms with Gasteiger partial charge in [0.05, 0.1) is 17.6 Å². The van der Waals surface area contributed by atoms with Crippen molar-refractivity contribution in [2.45, 2.75) is 13.0 Å². The molecule has 3 aromatic rings. The van der Waals surface area contributed by atoms with Gasteiger partial charge < -0.3 is 15.0 Å². The number of aliphatic hydroxyl groups is 1. The molecule has 0 fully saturated rings. The van der Waals surface area contributed by atoms with Crippen molar-refractivity contribution < 1.29 is 5.11 Å². The standard InChI is InChI=1S/C17H19N3O/c21-12-6-11-18-17-19-15-9-4-5-10-16(15)20(17)13-14-7-2-1-3-8-14/h1-5,7-10,21H,6,11-13H2,(H,18,19). The van der Waals surface area contributed by atoms with Crippen molar-refractivity contribution in [2.24, 2.45) is 0 Å². The molecule has 0 radical (unpaired) electrons. The van der Waals surface area contributed by atoms with Crippen molar-refractivity contribution in [3.63, 3.8) is 0 Å². The predicted octanol–water partition coefficient (Wildman–Crippen LogP) is 2.88. The Balaban J connectivity index is 1.95. The van der Waals surface area contributed by atoms with Crippen molar-refractivity contribution in [3.05, 3.63) is 60.2 Å². The zero-order chi connectivity index (χ0) is 14.5. The molecule has 108 valence electrons. The lowest BCUT2D eigenvalue weighted by Gasteiger charge is -2.10. The number of nitrogens with one attached hydrogen (secondary N) is 1. The number of hydrogen-bond donors (Lipinski definition) is 2. The Morgan fingerprint density at radius 2 is 1.76 bits per heavy atom. The fraction of sp³-hybridized carbons (Fsp3) is 0.235. The highest BCUT2D eigenvalue weighted by atomic mass is 16.3. The van der Waals surface area contributed by atoms with Gasteiger partial charge in [-0.1, -0.05) is 42.5 Å². The minimum absolute atomic E-state index is 0.186. The minimum atomic E-state index is 0.186. The van der Waals surface area contributed by atoms with Crippen LogP contribution >= 0.6 is 0 Å². The lowest BCUT2D eigenvalue weighted by Crippen LogP contribution is -2.10. The van der Waals surface area contributed by atoms with Crippen LogP contribution in [0.2, 0.25) is 0 Å². The number of aromatic nitrogens is 2. The maximum absolute atomic E-state index is 8.92. The van der Waals surface area contributed by atoms with E-state index < -0.39 is 0 Å².